The van der Waals surface area contributed by atoms with Gasteiger partial charge in [-0.25, -0.2) is 0 Å². The molecule has 5 nitrogen and oxygen atoms in total. The first-order chi connectivity index (χ1) is 6.79. The molecule has 1 atom stereocenters. The number of nitrogens with one attached hydrogen (secondary N) is 2. The second-order valence-corrected chi connectivity index (χ2v) is 5.93. The Balaban J connectivity index is 2.68. The summed E-state index contributed by atoms with van der Waals surface area (Å²) < 4.78 is 28.3. The molecule has 1 saturated carbocycles. The SMILES string of the molecule is CCC(C)(NS(=O)(=O)NC1CC1)C(N)=S. The smallest absolute Gasteiger partial charge is 0.278 e. The van der Waals surface area contributed by atoms with Crippen molar-refractivity contribution in [3.05, 3.63) is 0 Å². The van der Waals surface area contributed by atoms with Crippen LogP contribution in [0.5, 0.6) is 0 Å². The first-order valence-electron chi connectivity index (χ1n) is 4.90. The zero-order chi connectivity index (χ0) is 11.7. The van der Waals surface area contributed by atoms with Crippen molar-refractivity contribution in [2.75, 3.05) is 0 Å². The van der Waals surface area contributed by atoms with Gasteiger partial charge in [-0.05, 0) is 26.2 Å². The Morgan fingerprint density at radius 3 is 2.47 bits per heavy atom. The molecule has 15 heavy (non-hydrogen) atoms. The summed E-state index contributed by atoms with van der Waals surface area (Å²) in [6.45, 7) is 3.51. The largest absolute Gasteiger partial charge is 0.392 e. The third-order valence-electron chi connectivity index (χ3n) is 2.51. The molecule has 88 valence electrons. The van der Waals surface area contributed by atoms with Crippen LogP contribution in [0.1, 0.15) is 33.1 Å². The molecule has 0 bridgehead atoms. The Kier molecular flexibility index (Phi) is 3.70. The topological polar surface area (TPSA) is 84.2 Å². The highest BCUT2D eigenvalue weighted by Gasteiger charge is 2.34. The molecule has 0 aliphatic heterocycles. The fraction of sp³-hybridized carbons (Fsp3) is 0.875. The Morgan fingerprint density at radius 2 is 2.13 bits per heavy atom. The van der Waals surface area contributed by atoms with Gasteiger partial charge in [-0.1, -0.05) is 19.1 Å². The van der Waals surface area contributed by atoms with Crippen LogP contribution in [0, 0.1) is 0 Å². The van der Waals surface area contributed by atoms with Gasteiger partial charge in [0.2, 0.25) is 0 Å². The molecule has 1 rings (SSSR count). The van der Waals surface area contributed by atoms with E-state index in [0.717, 1.165) is 12.8 Å². The molecule has 0 radical (unpaired) electrons. The standard InChI is InChI=1S/C8H17N3O2S2/c1-3-8(2,7(9)14)11-15(12,13)10-6-4-5-6/h6,10-11H,3-5H2,1-2H3,(H2,9,14). The summed E-state index contributed by atoms with van der Waals surface area (Å²) >= 11 is 4.85. The second-order valence-electron chi connectivity index (χ2n) is 4.05. The van der Waals surface area contributed by atoms with Gasteiger partial charge in [0, 0.05) is 6.04 Å². The molecule has 0 spiro atoms. The number of hydrogen-bond acceptors (Lipinski definition) is 3. The van der Waals surface area contributed by atoms with E-state index in [0.29, 0.717) is 6.42 Å². The van der Waals surface area contributed by atoms with E-state index in [-0.39, 0.29) is 11.0 Å². The molecule has 4 N–H and O–H groups in total. The van der Waals surface area contributed by atoms with Crippen molar-refractivity contribution in [3.63, 3.8) is 0 Å². The van der Waals surface area contributed by atoms with Crippen molar-refractivity contribution >= 4 is 27.4 Å². The summed E-state index contributed by atoms with van der Waals surface area (Å²) in [5.41, 5.74) is 4.66. The van der Waals surface area contributed by atoms with E-state index >= 15 is 0 Å². The average molecular weight is 251 g/mol. The Bertz CT molecular complexity index is 351. The minimum absolute atomic E-state index is 0.0787. The summed E-state index contributed by atoms with van der Waals surface area (Å²) in [5, 5.41) is 0. The van der Waals surface area contributed by atoms with Crippen LogP contribution in [0.2, 0.25) is 0 Å². The lowest BCUT2D eigenvalue weighted by Crippen LogP contribution is -2.57. The van der Waals surface area contributed by atoms with E-state index < -0.39 is 15.7 Å². The quantitative estimate of drug-likeness (QED) is 0.581. The van der Waals surface area contributed by atoms with Gasteiger partial charge in [-0.15, -0.1) is 0 Å². The van der Waals surface area contributed by atoms with Gasteiger partial charge < -0.3 is 5.73 Å². The van der Waals surface area contributed by atoms with Crippen LogP contribution >= 0.6 is 12.2 Å². The summed E-state index contributed by atoms with van der Waals surface area (Å²) in [7, 11) is -3.50. The number of hydrogen-bond donors (Lipinski definition) is 3. The molecule has 0 amide bonds. The fourth-order valence-corrected chi connectivity index (χ4v) is 2.88. The van der Waals surface area contributed by atoms with Gasteiger partial charge in [0.05, 0.1) is 10.5 Å². The minimum atomic E-state index is -3.50. The molecule has 1 aliphatic rings. The maximum Gasteiger partial charge on any atom is 0.278 e. The van der Waals surface area contributed by atoms with Crippen LogP contribution in [0.25, 0.3) is 0 Å². The summed E-state index contributed by atoms with van der Waals surface area (Å²) in [5.74, 6) is 0. The third kappa shape index (κ3) is 3.67. The van der Waals surface area contributed by atoms with E-state index in [1.807, 2.05) is 6.92 Å². The van der Waals surface area contributed by atoms with E-state index in [4.69, 9.17) is 18.0 Å². The highest BCUT2D eigenvalue weighted by molar-refractivity contribution is 7.87. The van der Waals surface area contributed by atoms with Crippen molar-refractivity contribution < 1.29 is 8.42 Å². The van der Waals surface area contributed by atoms with Gasteiger partial charge in [-0.3, -0.25) is 0 Å². The van der Waals surface area contributed by atoms with Crippen LogP contribution < -0.4 is 15.2 Å². The summed E-state index contributed by atoms with van der Waals surface area (Å²) in [4.78, 5) is 0.158. The average Bonchev–Trinajstić information content (AvgIpc) is 2.86. The van der Waals surface area contributed by atoms with Crippen molar-refractivity contribution in [1.29, 1.82) is 0 Å². The molecule has 0 aromatic rings. The predicted octanol–water partition coefficient (Wildman–Crippen LogP) is 0.0276. The number of thiocarbonyl (C=S) groups is 1. The molecule has 0 saturated heterocycles. The molecule has 0 aromatic heterocycles. The molecular weight excluding hydrogens is 234 g/mol. The van der Waals surface area contributed by atoms with Crippen molar-refractivity contribution in [2.24, 2.45) is 5.73 Å². The van der Waals surface area contributed by atoms with Crippen LogP contribution in [0.3, 0.4) is 0 Å². The maximum absolute atomic E-state index is 11.6. The van der Waals surface area contributed by atoms with Crippen LogP contribution in [0.15, 0.2) is 0 Å². The van der Waals surface area contributed by atoms with Crippen LogP contribution in [-0.2, 0) is 10.2 Å². The minimum Gasteiger partial charge on any atom is -0.392 e. The first kappa shape index (κ1) is 12.8. The van der Waals surface area contributed by atoms with Gasteiger partial charge in [0.15, 0.2) is 0 Å². The van der Waals surface area contributed by atoms with Crippen molar-refractivity contribution in [3.8, 4) is 0 Å². The van der Waals surface area contributed by atoms with Crippen LogP contribution in [-0.4, -0.2) is 25.0 Å². The molecule has 1 fully saturated rings. The van der Waals surface area contributed by atoms with Crippen LogP contribution in [0.4, 0.5) is 0 Å². The van der Waals surface area contributed by atoms with Crippen molar-refractivity contribution in [1.82, 2.24) is 9.44 Å². The fourth-order valence-electron chi connectivity index (χ4n) is 1.04. The van der Waals surface area contributed by atoms with E-state index in [2.05, 4.69) is 9.44 Å². The second kappa shape index (κ2) is 4.32. The summed E-state index contributed by atoms with van der Waals surface area (Å²) in [6.07, 6.45) is 2.32. The Morgan fingerprint density at radius 1 is 1.60 bits per heavy atom. The first-order valence-corrected chi connectivity index (χ1v) is 6.79. The molecule has 7 heteroatoms. The molecule has 0 heterocycles. The number of nitrogens with two attached hydrogens (primary N) is 1. The normalized spacial score (nSPS) is 20.9. The lowest BCUT2D eigenvalue weighted by atomic mass is 10.0. The Labute approximate surface area is 96.0 Å². The monoisotopic (exact) mass is 251 g/mol. The lowest BCUT2D eigenvalue weighted by molar-refractivity contribution is 0.502. The summed E-state index contributed by atoms with van der Waals surface area (Å²) in [6, 6.07) is 0.0787. The molecule has 1 aliphatic carbocycles. The van der Waals surface area contributed by atoms with Crippen molar-refractivity contribution in [2.45, 2.75) is 44.7 Å². The molecule has 1 unspecified atom stereocenters. The zero-order valence-electron chi connectivity index (χ0n) is 8.91. The van der Waals surface area contributed by atoms with E-state index in [1.54, 1.807) is 6.92 Å². The molecular formula is C8H17N3O2S2. The van der Waals surface area contributed by atoms with Gasteiger partial charge in [-0.2, -0.15) is 17.9 Å². The number of rotatable bonds is 6. The lowest BCUT2D eigenvalue weighted by Gasteiger charge is -2.27. The Hall–Kier alpha value is -0.240. The maximum atomic E-state index is 11.6. The predicted molar refractivity (Wildman–Crippen MR) is 63.7 cm³/mol. The molecule has 0 aromatic carbocycles. The van der Waals surface area contributed by atoms with Gasteiger partial charge in [0.1, 0.15) is 0 Å². The highest BCUT2D eigenvalue weighted by Crippen LogP contribution is 2.20. The van der Waals surface area contributed by atoms with E-state index in [1.165, 1.54) is 0 Å². The highest BCUT2D eigenvalue weighted by atomic mass is 32.2. The van der Waals surface area contributed by atoms with Gasteiger partial charge >= 0.3 is 0 Å². The van der Waals surface area contributed by atoms with E-state index in [9.17, 15) is 8.42 Å². The van der Waals surface area contributed by atoms with Gasteiger partial charge in [0.25, 0.3) is 10.2 Å². The third-order valence-corrected chi connectivity index (χ3v) is 4.32. The zero-order valence-corrected chi connectivity index (χ0v) is 10.5.